The standard InChI is InChI=1S/C23H22N4O/c1-4-12-26(16-20-9-7-19(14-24)8-10-20)23(28)22-13-17(2)27(18(22)3)21-6-5-11-25-15-21/h4-11,13,15H,1,12,16H2,2-3H3. The van der Waals surface area contributed by atoms with Gasteiger partial charge in [0.25, 0.3) is 5.91 Å². The van der Waals surface area contributed by atoms with Gasteiger partial charge in [0.2, 0.25) is 0 Å². The lowest BCUT2D eigenvalue weighted by atomic mass is 10.1. The highest BCUT2D eigenvalue weighted by atomic mass is 16.2. The molecule has 0 aliphatic carbocycles. The van der Waals surface area contributed by atoms with Crippen LogP contribution in [0.15, 0.2) is 67.5 Å². The van der Waals surface area contributed by atoms with Gasteiger partial charge in [0.1, 0.15) is 0 Å². The zero-order valence-electron chi connectivity index (χ0n) is 16.1. The van der Waals surface area contributed by atoms with E-state index < -0.39 is 0 Å². The zero-order chi connectivity index (χ0) is 20.1. The second kappa shape index (κ2) is 8.36. The van der Waals surface area contributed by atoms with Crippen molar-refractivity contribution in [1.82, 2.24) is 14.5 Å². The first kappa shape index (κ1) is 19.1. The fraction of sp³-hybridized carbons (Fsp3) is 0.174. The van der Waals surface area contributed by atoms with E-state index in [2.05, 4.69) is 17.6 Å². The molecule has 5 heteroatoms. The Balaban J connectivity index is 1.91. The Hall–Kier alpha value is -3.65. The van der Waals surface area contributed by atoms with Crippen molar-refractivity contribution in [3.05, 3.63) is 95.6 Å². The molecular formula is C23H22N4O. The second-order valence-electron chi connectivity index (χ2n) is 6.61. The van der Waals surface area contributed by atoms with Crippen molar-refractivity contribution in [2.24, 2.45) is 0 Å². The second-order valence-corrected chi connectivity index (χ2v) is 6.61. The number of carbonyl (C=O) groups excluding carboxylic acids is 1. The summed E-state index contributed by atoms with van der Waals surface area (Å²) in [4.78, 5) is 19.2. The largest absolute Gasteiger partial charge is 0.331 e. The minimum absolute atomic E-state index is 0.0486. The van der Waals surface area contributed by atoms with Gasteiger partial charge in [0.15, 0.2) is 0 Å². The molecule has 0 saturated heterocycles. The number of benzene rings is 1. The summed E-state index contributed by atoms with van der Waals surface area (Å²) in [5, 5.41) is 8.95. The maximum absolute atomic E-state index is 13.3. The molecule has 0 atom stereocenters. The Morgan fingerprint density at radius 1 is 1.29 bits per heavy atom. The van der Waals surface area contributed by atoms with Crippen molar-refractivity contribution in [3.63, 3.8) is 0 Å². The number of amides is 1. The molecule has 2 aromatic heterocycles. The van der Waals surface area contributed by atoms with Crippen molar-refractivity contribution in [3.8, 4) is 11.8 Å². The molecule has 0 N–H and O–H groups in total. The number of aromatic nitrogens is 2. The predicted molar refractivity (Wildman–Crippen MR) is 109 cm³/mol. The van der Waals surface area contributed by atoms with Gasteiger partial charge in [-0.3, -0.25) is 9.78 Å². The summed E-state index contributed by atoms with van der Waals surface area (Å²) < 4.78 is 2.04. The maximum atomic E-state index is 13.3. The van der Waals surface area contributed by atoms with Crippen LogP contribution in [0.25, 0.3) is 5.69 Å². The van der Waals surface area contributed by atoms with Crippen LogP contribution in [0.3, 0.4) is 0 Å². The van der Waals surface area contributed by atoms with Gasteiger partial charge in [-0.1, -0.05) is 18.2 Å². The van der Waals surface area contributed by atoms with Crippen LogP contribution in [-0.2, 0) is 6.54 Å². The molecule has 1 aromatic carbocycles. The van der Waals surface area contributed by atoms with Crippen molar-refractivity contribution in [2.45, 2.75) is 20.4 Å². The molecule has 2 heterocycles. The van der Waals surface area contributed by atoms with Gasteiger partial charge in [0, 0.05) is 30.7 Å². The van der Waals surface area contributed by atoms with Crippen molar-refractivity contribution in [1.29, 1.82) is 5.26 Å². The topological polar surface area (TPSA) is 61.9 Å². The SMILES string of the molecule is C=CCN(Cc1ccc(C#N)cc1)C(=O)c1cc(C)n(-c2cccnc2)c1C. The van der Waals surface area contributed by atoms with Crippen LogP contribution in [-0.4, -0.2) is 26.9 Å². The molecule has 0 radical (unpaired) electrons. The van der Waals surface area contributed by atoms with Crippen LogP contribution >= 0.6 is 0 Å². The Morgan fingerprint density at radius 2 is 2.04 bits per heavy atom. The lowest BCUT2D eigenvalue weighted by molar-refractivity contribution is 0.0762. The van der Waals surface area contributed by atoms with Gasteiger partial charge in [-0.15, -0.1) is 6.58 Å². The Labute approximate surface area is 165 Å². The molecule has 3 aromatic rings. The molecule has 0 aliphatic heterocycles. The highest BCUT2D eigenvalue weighted by molar-refractivity contribution is 5.96. The lowest BCUT2D eigenvalue weighted by Gasteiger charge is -2.21. The first-order chi connectivity index (χ1) is 13.5. The fourth-order valence-electron chi connectivity index (χ4n) is 3.31. The number of hydrogen-bond acceptors (Lipinski definition) is 3. The summed E-state index contributed by atoms with van der Waals surface area (Å²) in [7, 11) is 0. The average Bonchev–Trinajstić information content (AvgIpc) is 3.02. The molecule has 140 valence electrons. The third kappa shape index (κ3) is 3.86. The van der Waals surface area contributed by atoms with Gasteiger partial charge in [0.05, 0.1) is 29.1 Å². The molecule has 0 fully saturated rings. The zero-order valence-corrected chi connectivity index (χ0v) is 16.1. The van der Waals surface area contributed by atoms with Crippen LogP contribution in [0, 0.1) is 25.2 Å². The normalized spacial score (nSPS) is 10.3. The van der Waals surface area contributed by atoms with Crippen molar-refractivity contribution >= 4 is 5.91 Å². The fourth-order valence-corrected chi connectivity index (χ4v) is 3.31. The van der Waals surface area contributed by atoms with E-state index in [0.29, 0.717) is 24.2 Å². The Kier molecular flexibility index (Phi) is 5.71. The molecule has 5 nitrogen and oxygen atoms in total. The van der Waals surface area contributed by atoms with Gasteiger partial charge >= 0.3 is 0 Å². The number of rotatable bonds is 6. The number of nitriles is 1. The predicted octanol–water partition coefficient (Wildman–Crippen LogP) is 4.19. The van der Waals surface area contributed by atoms with Crippen LogP contribution in [0.1, 0.15) is 32.9 Å². The van der Waals surface area contributed by atoms with Crippen LogP contribution in [0.4, 0.5) is 0 Å². The van der Waals surface area contributed by atoms with Gasteiger partial charge in [-0.25, -0.2) is 0 Å². The summed E-state index contributed by atoms with van der Waals surface area (Å²) in [5.74, 6) is -0.0486. The monoisotopic (exact) mass is 370 g/mol. The van der Waals surface area contributed by atoms with Crippen LogP contribution in [0.2, 0.25) is 0 Å². The third-order valence-electron chi connectivity index (χ3n) is 4.66. The van der Waals surface area contributed by atoms with Gasteiger partial charge < -0.3 is 9.47 Å². The van der Waals surface area contributed by atoms with Crippen molar-refractivity contribution < 1.29 is 4.79 Å². The first-order valence-corrected chi connectivity index (χ1v) is 9.03. The van der Waals surface area contributed by atoms with E-state index in [-0.39, 0.29) is 5.91 Å². The molecule has 3 rings (SSSR count). The Bertz CT molecular complexity index is 1030. The number of hydrogen-bond donors (Lipinski definition) is 0. The molecule has 0 saturated carbocycles. The first-order valence-electron chi connectivity index (χ1n) is 9.03. The van der Waals surface area contributed by atoms with Crippen LogP contribution < -0.4 is 0 Å². The molecule has 28 heavy (non-hydrogen) atoms. The molecule has 1 amide bonds. The van der Waals surface area contributed by atoms with E-state index in [9.17, 15) is 4.79 Å². The van der Waals surface area contributed by atoms with E-state index >= 15 is 0 Å². The van der Waals surface area contributed by atoms with E-state index in [1.165, 1.54) is 0 Å². The third-order valence-corrected chi connectivity index (χ3v) is 4.66. The molecule has 0 unspecified atom stereocenters. The average molecular weight is 370 g/mol. The molecular weight excluding hydrogens is 348 g/mol. The quantitative estimate of drug-likeness (QED) is 0.611. The number of nitrogens with zero attached hydrogens (tertiary/aromatic N) is 4. The van der Waals surface area contributed by atoms with Gasteiger partial charge in [-0.05, 0) is 49.7 Å². The lowest BCUT2D eigenvalue weighted by Crippen LogP contribution is -2.31. The summed E-state index contributed by atoms with van der Waals surface area (Å²) in [5.41, 5.74) is 5.02. The summed E-state index contributed by atoms with van der Waals surface area (Å²) >= 11 is 0. The van der Waals surface area contributed by atoms with Crippen LogP contribution in [0.5, 0.6) is 0 Å². The van der Waals surface area contributed by atoms with E-state index in [0.717, 1.165) is 22.6 Å². The summed E-state index contributed by atoms with van der Waals surface area (Å²) in [6.45, 7) is 8.61. The van der Waals surface area contributed by atoms with E-state index in [1.54, 1.807) is 35.5 Å². The summed E-state index contributed by atoms with van der Waals surface area (Å²) in [6.07, 6.45) is 5.24. The van der Waals surface area contributed by atoms with E-state index in [1.807, 2.05) is 48.7 Å². The number of carbonyl (C=O) groups is 1. The maximum Gasteiger partial charge on any atom is 0.256 e. The minimum Gasteiger partial charge on any atom is -0.331 e. The highest BCUT2D eigenvalue weighted by Gasteiger charge is 2.21. The Morgan fingerprint density at radius 3 is 2.64 bits per heavy atom. The van der Waals surface area contributed by atoms with E-state index in [4.69, 9.17) is 5.26 Å². The molecule has 0 bridgehead atoms. The van der Waals surface area contributed by atoms with Gasteiger partial charge in [-0.2, -0.15) is 5.26 Å². The molecule has 0 spiro atoms. The minimum atomic E-state index is -0.0486. The van der Waals surface area contributed by atoms with Crippen molar-refractivity contribution in [2.75, 3.05) is 6.54 Å². The molecule has 0 aliphatic rings. The number of aryl methyl sites for hydroxylation is 1. The highest BCUT2D eigenvalue weighted by Crippen LogP contribution is 2.22. The summed E-state index contributed by atoms with van der Waals surface area (Å²) in [6, 6.07) is 15.2. The smallest absolute Gasteiger partial charge is 0.256 e. The number of pyridine rings is 1.